The Morgan fingerprint density at radius 2 is 1.86 bits per heavy atom. The van der Waals surface area contributed by atoms with Crippen LogP contribution in [0.1, 0.15) is 16.4 Å². The van der Waals surface area contributed by atoms with Crippen molar-refractivity contribution in [3.05, 3.63) is 66.1 Å². The molecule has 1 aromatic carbocycles. The van der Waals surface area contributed by atoms with Gasteiger partial charge in [0, 0.05) is 37.9 Å². The van der Waals surface area contributed by atoms with Crippen molar-refractivity contribution < 1.29 is 13.6 Å². The Morgan fingerprint density at radius 3 is 2.54 bits per heavy atom. The number of rotatable bonds is 4. The monoisotopic (exact) mass is 381 g/mol. The average molecular weight is 381 g/mol. The van der Waals surface area contributed by atoms with Gasteiger partial charge in [0.15, 0.2) is 5.76 Å². The fourth-order valence-electron chi connectivity index (χ4n) is 3.15. The molecule has 28 heavy (non-hydrogen) atoms. The highest BCUT2D eigenvalue weighted by atomic mass is 19.1. The van der Waals surface area contributed by atoms with E-state index in [1.807, 2.05) is 13.0 Å². The molecule has 3 aromatic rings. The third-order valence-electron chi connectivity index (χ3n) is 4.56. The molecule has 0 unspecified atom stereocenters. The molecule has 1 saturated heterocycles. The Balaban J connectivity index is 1.44. The summed E-state index contributed by atoms with van der Waals surface area (Å²) in [5.41, 5.74) is 0.749. The third kappa shape index (κ3) is 3.95. The number of halogens is 1. The highest BCUT2D eigenvalue weighted by Gasteiger charge is 2.24. The lowest BCUT2D eigenvalue weighted by atomic mass is 10.2. The first-order chi connectivity index (χ1) is 13.6. The molecule has 2 aromatic heterocycles. The zero-order chi connectivity index (χ0) is 19.5. The first kappa shape index (κ1) is 18.0. The number of anilines is 3. The molecule has 1 N–H and O–H groups in total. The number of furan rings is 1. The Hall–Kier alpha value is -3.42. The van der Waals surface area contributed by atoms with Crippen LogP contribution >= 0.6 is 0 Å². The van der Waals surface area contributed by atoms with Crippen molar-refractivity contribution in [1.29, 1.82) is 0 Å². The summed E-state index contributed by atoms with van der Waals surface area (Å²) in [7, 11) is 0. The van der Waals surface area contributed by atoms with Crippen LogP contribution in [0, 0.1) is 12.7 Å². The van der Waals surface area contributed by atoms with E-state index in [1.54, 1.807) is 29.2 Å². The van der Waals surface area contributed by atoms with Crippen molar-refractivity contribution in [3.63, 3.8) is 0 Å². The maximum Gasteiger partial charge on any atom is 0.289 e. The lowest BCUT2D eigenvalue weighted by molar-refractivity contribution is 0.0714. The molecule has 0 saturated carbocycles. The van der Waals surface area contributed by atoms with E-state index < -0.39 is 0 Å². The van der Waals surface area contributed by atoms with Crippen LogP contribution in [0.4, 0.5) is 21.7 Å². The van der Waals surface area contributed by atoms with Crippen LogP contribution in [-0.2, 0) is 0 Å². The molecule has 1 fully saturated rings. The van der Waals surface area contributed by atoms with Crippen molar-refractivity contribution in [2.24, 2.45) is 0 Å². The summed E-state index contributed by atoms with van der Waals surface area (Å²) in [6.07, 6.45) is 1.50. The van der Waals surface area contributed by atoms with Gasteiger partial charge in [-0.25, -0.2) is 14.4 Å². The van der Waals surface area contributed by atoms with Crippen molar-refractivity contribution in [3.8, 4) is 0 Å². The lowest BCUT2D eigenvalue weighted by Gasteiger charge is -2.35. The van der Waals surface area contributed by atoms with Crippen LogP contribution in [0.25, 0.3) is 0 Å². The predicted molar refractivity (Wildman–Crippen MR) is 103 cm³/mol. The number of benzene rings is 1. The first-order valence-corrected chi connectivity index (χ1v) is 9.04. The highest BCUT2D eigenvalue weighted by Crippen LogP contribution is 2.21. The minimum Gasteiger partial charge on any atom is -0.459 e. The number of aryl methyl sites for hydroxylation is 1. The normalized spacial score (nSPS) is 14.2. The van der Waals surface area contributed by atoms with Gasteiger partial charge < -0.3 is 19.5 Å². The molecular weight excluding hydrogens is 361 g/mol. The number of amides is 1. The van der Waals surface area contributed by atoms with Gasteiger partial charge in [0.05, 0.1) is 6.26 Å². The van der Waals surface area contributed by atoms with Gasteiger partial charge in [-0.2, -0.15) is 0 Å². The second-order valence-corrected chi connectivity index (χ2v) is 6.55. The number of hydrogen-bond donors (Lipinski definition) is 1. The van der Waals surface area contributed by atoms with E-state index in [-0.39, 0.29) is 11.7 Å². The number of hydrogen-bond acceptors (Lipinski definition) is 6. The highest BCUT2D eigenvalue weighted by molar-refractivity contribution is 5.91. The van der Waals surface area contributed by atoms with E-state index in [2.05, 4.69) is 20.2 Å². The zero-order valence-electron chi connectivity index (χ0n) is 15.4. The molecule has 1 aliphatic heterocycles. The second kappa shape index (κ2) is 7.67. The van der Waals surface area contributed by atoms with Crippen LogP contribution in [0.3, 0.4) is 0 Å². The van der Waals surface area contributed by atoms with E-state index >= 15 is 0 Å². The smallest absolute Gasteiger partial charge is 0.289 e. The molecular formula is C20H20FN5O2. The maximum atomic E-state index is 13.1. The Bertz CT molecular complexity index is 951. The van der Waals surface area contributed by atoms with E-state index in [0.717, 1.165) is 11.5 Å². The van der Waals surface area contributed by atoms with E-state index in [9.17, 15) is 9.18 Å². The second-order valence-electron chi connectivity index (χ2n) is 6.55. The molecule has 1 amide bonds. The summed E-state index contributed by atoms with van der Waals surface area (Å²) in [6, 6.07) is 11.4. The molecule has 0 spiro atoms. The number of carbonyl (C=O) groups is 1. The Labute approximate surface area is 161 Å². The van der Waals surface area contributed by atoms with Gasteiger partial charge in [0.2, 0.25) is 0 Å². The quantitative estimate of drug-likeness (QED) is 0.748. The predicted octanol–water partition coefficient (Wildman–Crippen LogP) is 3.22. The van der Waals surface area contributed by atoms with E-state index in [1.165, 1.54) is 18.4 Å². The number of nitrogens with zero attached hydrogens (tertiary/aromatic N) is 4. The fraction of sp³-hybridized carbons (Fsp3) is 0.250. The molecule has 144 valence electrons. The van der Waals surface area contributed by atoms with Crippen molar-refractivity contribution >= 4 is 23.2 Å². The molecule has 3 heterocycles. The van der Waals surface area contributed by atoms with Gasteiger partial charge >= 0.3 is 0 Å². The third-order valence-corrected chi connectivity index (χ3v) is 4.56. The van der Waals surface area contributed by atoms with Crippen LogP contribution < -0.4 is 10.2 Å². The average Bonchev–Trinajstić information content (AvgIpc) is 3.24. The van der Waals surface area contributed by atoms with Gasteiger partial charge in [0.1, 0.15) is 23.3 Å². The Morgan fingerprint density at radius 1 is 1.11 bits per heavy atom. The molecule has 0 radical (unpaired) electrons. The molecule has 1 aliphatic rings. The molecule has 0 aliphatic carbocycles. The Kier molecular flexibility index (Phi) is 4.92. The summed E-state index contributed by atoms with van der Waals surface area (Å²) in [4.78, 5) is 25.2. The number of nitrogens with one attached hydrogen (secondary N) is 1. The summed E-state index contributed by atoms with van der Waals surface area (Å²) < 4.78 is 18.3. The summed E-state index contributed by atoms with van der Waals surface area (Å²) in [6.45, 7) is 4.33. The largest absolute Gasteiger partial charge is 0.459 e. The summed E-state index contributed by atoms with van der Waals surface area (Å²) in [5.74, 6) is 2.05. The SMILES string of the molecule is Cc1nc(Nc2ccc(F)cc2)cc(N2CCN(C(=O)c3ccco3)CC2)n1. The molecule has 4 rings (SSSR count). The summed E-state index contributed by atoms with van der Waals surface area (Å²) >= 11 is 0. The van der Waals surface area contributed by atoms with E-state index in [4.69, 9.17) is 4.42 Å². The minimum atomic E-state index is -0.285. The summed E-state index contributed by atoms with van der Waals surface area (Å²) in [5, 5.41) is 3.18. The minimum absolute atomic E-state index is 0.0952. The molecule has 7 nitrogen and oxygen atoms in total. The number of aromatic nitrogens is 2. The van der Waals surface area contributed by atoms with Crippen LogP contribution in [0.5, 0.6) is 0 Å². The molecule has 0 bridgehead atoms. The molecule has 8 heteroatoms. The van der Waals surface area contributed by atoms with Gasteiger partial charge in [-0.05, 0) is 43.3 Å². The number of piperazine rings is 1. The maximum absolute atomic E-state index is 13.1. The van der Waals surface area contributed by atoms with Crippen molar-refractivity contribution in [2.75, 3.05) is 36.4 Å². The van der Waals surface area contributed by atoms with Gasteiger partial charge in [0.25, 0.3) is 5.91 Å². The van der Waals surface area contributed by atoms with Crippen molar-refractivity contribution in [1.82, 2.24) is 14.9 Å². The zero-order valence-corrected chi connectivity index (χ0v) is 15.4. The van der Waals surface area contributed by atoms with Crippen molar-refractivity contribution in [2.45, 2.75) is 6.92 Å². The number of carbonyl (C=O) groups excluding carboxylic acids is 1. The van der Waals surface area contributed by atoms with Crippen LogP contribution in [-0.4, -0.2) is 47.0 Å². The van der Waals surface area contributed by atoms with Gasteiger partial charge in [-0.3, -0.25) is 4.79 Å². The topological polar surface area (TPSA) is 74.5 Å². The van der Waals surface area contributed by atoms with Gasteiger partial charge in [-0.15, -0.1) is 0 Å². The lowest BCUT2D eigenvalue weighted by Crippen LogP contribution is -2.49. The van der Waals surface area contributed by atoms with Gasteiger partial charge in [-0.1, -0.05) is 0 Å². The van der Waals surface area contributed by atoms with Crippen LogP contribution in [0.15, 0.2) is 53.1 Å². The first-order valence-electron chi connectivity index (χ1n) is 9.04. The van der Waals surface area contributed by atoms with Crippen LogP contribution in [0.2, 0.25) is 0 Å². The standard InChI is InChI=1S/C20H20FN5O2/c1-14-22-18(24-16-6-4-15(21)5-7-16)13-19(23-14)25-8-10-26(11-9-25)20(27)17-3-2-12-28-17/h2-7,12-13H,8-11H2,1H3,(H,22,23,24). The molecule has 0 atom stereocenters. The fourth-order valence-corrected chi connectivity index (χ4v) is 3.15. The van der Waals surface area contributed by atoms with E-state index in [0.29, 0.717) is 43.6 Å².